The second-order valence-electron chi connectivity index (χ2n) is 2.94. The summed E-state index contributed by atoms with van der Waals surface area (Å²) in [5.74, 6) is 0.721. The first-order chi connectivity index (χ1) is 7.31. The van der Waals surface area contributed by atoms with Gasteiger partial charge in [-0.1, -0.05) is 6.92 Å². The largest absolute Gasteiger partial charge is 0.481 e. The number of nitriles is 1. The van der Waals surface area contributed by atoms with E-state index >= 15 is 0 Å². The average molecular weight is 222 g/mol. The number of hydrogen-bond donors (Lipinski definition) is 0. The molecule has 0 bridgehead atoms. The maximum atomic E-state index is 8.83. The molecule has 0 spiro atoms. The number of rotatable bonds is 4. The summed E-state index contributed by atoms with van der Waals surface area (Å²) in [6, 6.07) is 3.89. The lowest BCUT2D eigenvalue weighted by molar-refractivity contribution is 0.317. The van der Waals surface area contributed by atoms with Crippen LogP contribution in [0.4, 0.5) is 5.00 Å². The molecule has 0 atom stereocenters. The molecule has 0 aliphatic rings. The zero-order valence-electron chi connectivity index (χ0n) is 8.99. The molecule has 0 saturated carbocycles. The minimum Gasteiger partial charge on any atom is -0.481 e. The fraction of sp³-hybridized carbons (Fsp3) is 0.455. The molecule has 0 aliphatic carbocycles. The SMILES string of the molecule is CCC/C(=N/c1sccc1C#N)OCC. The molecule has 80 valence electrons. The maximum Gasteiger partial charge on any atom is 0.189 e. The van der Waals surface area contributed by atoms with Crippen LogP contribution in [0.1, 0.15) is 32.3 Å². The third-order valence-corrected chi connectivity index (χ3v) is 2.57. The van der Waals surface area contributed by atoms with Gasteiger partial charge in [0.1, 0.15) is 11.1 Å². The lowest BCUT2D eigenvalue weighted by Crippen LogP contribution is -2.03. The van der Waals surface area contributed by atoms with E-state index in [1.54, 1.807) is 6.07 Å². The van der Waals surface area contributed by atoms with Crippen molar-refractivity contribution in [3.8, 4) is 6.07 Å². The monoisotopic (exact) mass is 222 g/mol. The van der Waals surface area contributed by atoms with Crippen molar-refractivity contribution in [2.24, 2.45) is 4.99 Å². The fourth-order valence-electron chi connectivity index (χ4n) is 1.13. The summed E-state index contributed by atoms with van der Waals surface area (Å²) < 4.78 is 5.40. The van der Waals surface area contributed by atoms with Crippen LogP contribution in [0.5, 0.6) is 0 Å². The molecule has 1 aromatic rings. The third kappa shape index (κ3) is 3.37. The van der Waals surface area contributed by atoms with Crippen LogP contribution < -0.4 is 0 Å². The number of aliphatic imine (C=N–C) groups is 1. The first-order valence-corrected chi connectivity index (χ1v) is 5.87. The molecule has 0 amide bonds. The van der Waals surface area contributed by atoms with Crippen molar-refractivity contribution < 1.29 is 4.74 Å². The van der Waals surface area contributed by atoms with Crippen LogP contribution >= 0.6 is 11.3 Å². The number of hydrogen-bond acceptors (Lipinski definition) is 4. The minimum absolute atomic E-state index is 0.617. The number of thiophene rings is 1. The van der Waals surface area contributed by atoms with Crippen LogP contribution in [0, 0.1) is 11.3 Å². The first kappa shape index (κ1) is 11.7. The van der Waals surface area contributed by atoms with E-state index in [9.17, 15) is 0 Å². The minimum atomic E-state index is 0.617. The lowest BCUT2D eigenvalue weighted by Gasteiger charge is -2.04. The molecule has 0 unspecified atom stereocenters. The van der Waals surface area contributed by atoms with Crippen molar-refractivity contribution in [2.75, 3.05) is 6.61 Å². The van der Waals surface area contributed by atoms with Crippen LogP contribution in [0.2, 0.25) is 0 Å². The summed E-state index contributed by atoms with van der Waals surface area (Å²) in [6.07, 6.45) is 1.81. The van der Waals surface area contributed by atoms with Crippen LogP contribution in [-0.4, -0.2) is 12.5 Å². The van der Waals surface area contributed by atoms with E-state index in [0.717, 1.165) is 23.7 Å². The van der Waals surface area contributed by atoms with Crippen molar-refractivity contribution in [1.29, 1.82) is 5.26 Å². The smallest absolute Gasteiger partial charge is 0.189 e. The molecule has 0 aliphatic heterocycles. The molecular weight excluding hydrogens is 208 g/mol. The molecule has 3 nitrogen and oxygen atoms in total. The highest BCUT2D eigenvalue weighted by Gasteiger charge is 2.04. The van der Waals surface area contributed by atoms with Crippen molar-refractivity contribution in [3.05, 3.63) is 17.0 Å². The normalized spacial score (nSPS) is 11.1. The van der Waals surface area contributed by atoms with Gasteiger partial charge in [-0.3, -0.25) is 0 Å². The van der Waals surface area contributed by atoms with E-state index in [2.05, 4.69) is 18.0 Å². The lowest BCUT2D eigenvalue weighted by atomic mass is 10.3. The van der Waals surface area contributed by atoms with Crippen molar-refractivity contribution in [3.63, 3.8) is 0 Å². The summed E-state index contributed by atoms with van der Waals surface area (Å²) >= 11 is 1.46. The Bertz CT molecular complexity index is 368. The second-order valence-corrected chi connectivity index (χ2v) is 3.83. The topological polar surface area (TPSA) is 45.4 Å². The Labute approximate surface area is 94.0 Å². The van der Waals surface area contributed by atoms with Gasteiger partial charge in [0.15, 0.2) is 5.90 Å². The Kier molecular flexibility index (Phi) is 4.85. The molecule has 0 saturated heterocycles. The van der Waals surface area contributed by atoms with Gasteiger partial charge in [-0.25, -0.2) is 4.99 Å². The van der Waals surface area contributed by atoms with Gasteiger partial charge in [0.25, 0.3) is 0 Å². The van der Waals surface area contributed by atoms with Gasteiger partial charge < -0.3 is 4.74 Å². The van der Waals surface area contributed by atoms with E-state index in [4.69, 9.17) is 10.00 Å². The summed E-state index contributed by atoms with van der Waals surface area (Å²) in [4.78, 5) is 4.36. The zero-order valence-corrected chi connectivity index (χ0v) is 9.80. The highest BCUT2D eigenvalue weighted by Crippen LogP contribution is 2.26. The van der Waals surface area contributed by atoms with Gasteiger partial charge in [0.2, 0.25) is 0 Å². The zero-order chi connectivity index (χ0) is 11.1. The number of nitrogens with zero attached hydrogens (tertiary/aromatic N) is 2. The van der Waals surface area contributed by atoms with Crippen molar-refractivity contribution in [2.45, 2.75) is 26.7 Å². The summed E-state index contributed by atoms with van der Waals surface area (Å²) in [5.41, 5.74) is 0.619. The van der Waals surface area contributed by atoms with Gasteiger partial charge in [0.05, 0.1) is 12.2 Å². The van der Waals surface area contributed by atoms with Gasteiger partial charge in [-0.15, -0.1) is 11.3 Å². The molecule has 0 N–H and O–H groups in total. The molecule has 1 rings (SSSR count). The van der Waals surface area contributed by atoms with Gasteiger partial charge in [-0.05, 0) is 24.8 Å². The van der Waals surface area contributed by atoms with E-state index in [1.807, 2.05) is 12.3 Å². The summed E-state index contributed by atoms with van der Waals surface area (Å²) in [7, 11) is 0. The Balaban J connectivity index is 2.86. The molecule has 0 fully saturated rings. The summed E-state index contributed by atoms with van der Waals surface area (Å²) in [6.45, 7) is 4.63. The molecule has 0 aromatic carbocycles. The van der Waals surface area contributed by atoms with Crippen LogP contribution in [-0.2, 0) is 4.74 Å². The van der Waals surface area contributed by atoms with Gasteiger partial charge in [-0.2, -0.15) is 5.26 Å². The summed E-state index contributed by atoms with van der Waals surface area (Å²) in [5, 5.41) is 11.4. The van der Waals surface area contributed by atoms with Crippen LogP contribution in [0.15, 0.2) is 16.4 Å². The maximum absolute atomic E-state index is 8.83. The predicted molar refractivity (Wildman–Crippen MR) is 62.7 cm³/mol. The Hall–Kier alpha value is -1.34. The molecule has 1 aromatic heterocycles. The molecule has 15 heavy (non-hydrogen) atoms. The van der Waals surface area contributed by atoms with Gasteiger partial charge in [0, 0.05) is 6.42 Å². The van der Waals surface area contributed by atoms with Crippen molar-refractivity contribution in [1.82, 2.24) is 0 Å². The van der Waals surface area contributed by atoms with Crippen LogP contribution in [0.3, 0.4) is 0 Å². The van der Waals surface area contributed by atoms with Gasteiger partial charge >= 0.3 is 0 Å². The standard InChI is InChI=1S/C11H14N2OS/c1-3-5-10(14-4-2)13-11-9(8-12)6-7-15-11/h6-7H,3-5H2,1-2H3/b13-10-. The predicted octanol–water partition coefficient (Wildman–Crippen LogP) is 3.49. The fourth-order valence-corrected chi connectivity index (χ4v) is 1.86. The van der Waals surface area contributed by atoms with E-state index in [-0.39, 0.29) is 0 Å². The Morgan fingerprint density at radius 2 is 2.40 bits per heavy atom. The molecule has 4 heteroatoms. The molecule has 1 heterocycles. The number of ether oxygens (including phenoxy) is 1. The van der Waals surface area contributed by atoms with Crippen molar-refractivity contribution >= 4 is 22.2 Å². The van der Waals surface area contributed by atoms with E-state index in [0.29, 0.717) is 12.2 Å². The van der Waals surface area contributed by atoms with E-state index in [1.165, 1.54) is 11.3 Å². The molecule has 0 radical (unpaired) electrons. The quantitative estimate of drug-likeness (QED) is 0.578. The second kappa shape index (κ2) is 6.20. The Morgan fingerprint density at radius 1 is 1.60 bits per heavy atom. The average Bonchev–Trinajstić information content (AvgIpc) is 2.66. The van der Waals surface area contributed by atoms with E-state index < -0.39 is 0 Å². The third-order valence-electron chi connectivity index (χ3n) is 1.77. The molecular formula is C11H14N2OS. The Morgan fingerprint density at radius 3 is 3.00 bits per heavy atom. The highest BCUT2D eigenvalue weighted by atomic mass is 32.1. The first-order valence-electron chi connectivity index (χ1n) is 4.99. The van der Waals surface area contributed by atoms with Crippen LogP contribution in [0.25, 0.3) is 0 Å². The highest BCUT2D eigenvalue weighted by molar-refractivity contribution is 7.14.